The van der Waals surface area contributed by atoms with Gasteiger partial charge in [-0.05, 0) is 66.7 Å². The topological polar surface area (TPSA) is 56.3 Å². The SMILES string of the molecule is [2H]C1=C(SC([2H])([2H])c2c([2H])c([2H])c([2H])c(F)c2F)N(C([2H])([2H])C(=O)N(C2CCN(CC([2H])([2H])OC([2H])([2H])[2H])CC2)C([2H])([2H])c2c([2H])c([2H])c(-c3c([2H])c([2H])c(C(F)(F)F)c([2H])c3[2H])c([2H])c2[2H])c2c([2H])c([2H])c(C)c([2H])c2C1O. The molecule has 4 aromatic rings. The van der Waals surface area contributed by atoms with E-state index >= 15 is 13.6 Å². The van der Waals surface area contributed by atoms with E-state index in [0.29, 0.717) is 0 Å². The van der Waals surface area contributed by atoms with Crippen LogP contribution in [0.3, 0.4) is 0 Å². The number of aliphatic hydroxyl groups excluding tert-OH is 1. The van der Waals surface area contributed by atoms with Crippen molar-refractivity contribution in [1.29, 1.82) is 0 Å². The number of fused-ring (bicyclic) bond motifs is 1. The second-order valence-electron chi connectivity index (χ2n) is 11.2. The average molecular weight is 778 g/mol. The minimum atomic E-state index is -5.49. The largest absolute Gasteiger partial charge is 0.416 e. The van der Waals surface area contributed by atoms with Crippen molar-refractivity contribution in [3.05, 3.63) is 135 Å². The number of carbonyl (C=O) groups excluding carboxylic acids is 1. The van der Waals surface area contributed by atoms with Gasteiger partial charge in [0.15, 0.2) is 11.6 Å². The van der Waals surface area contributed by atoms with Gasteiger partial charge < -0.3 is 24.5 Å². The highest BCUT2D eigenvalue weighted by atomic mass is 32.2. The lowest BCUT2D eigenvalue weighted by Gasteiger charge is -2.40. The molecule has 1 atom stereocenters. The van der Waals surface area contributed by atoms with Crippen LogP contribution in [0.1, 0.15) is 82.4 Å². The zero-order chi connectivity index (χ0) is 60.4. The number of hydrogen-bond acceptors (Lipinski definition) is 6. The number of aliphatic hydroxyl groups is 1. The molecule has 6 rings (SSSR count). The maximum atomic E-state index is 15.7. The van der Waals surface area contributed by atoms with Gasteiger partial charge >= 0.3 is 6.18 Å². The molecule has 0 radical (unpaired) electrons. The molecule has 6 nitrogen and oxygen atoms in total. The first-order valence-corrected chi connectivity index (χ1v) is 16.1. The summed E-state index contributed by atoms with van der Waals surface area (Å²) in [5.74, 6) is -6.62. The quantitative estimate of drug-likeness (QED) is 0.145. The van der Waals surface area contributed by atoms with E-state index in [9.17, 15) is 23.8 Å². The molecule has 280 valence electrons. The summed E-state index contributed by atoms with van der Waals surface area (Å²) in [5, 5.41) is 10.2. The van der Waals surface area contributed by atoms with E-state index in [1.807, 2.05) is 0 Å². The monoisotopic (exact) mass is 777 g/mol. The molecule has 0 aliphatic carbocycles. The molecule has 4 aromatic carbocycles. The van der Waals surface area contributed by atoms with Crippen molar-refractivity contribution < 1.29 is 72.2 Å². The van der Waals surface area contributed by atoms with Gasteiger partial charge in [-0.1, -0.05) is 66.0 Å². The number of hydrogen-bond donors (Lipinski definition) is 1. The van der Waals surface area contributed by atoms with Gasteiger partial charge in [0, 0.05) is 64.5 Å². The number of alkyl halides is 3. The first kappa shape index (κ1) is 17.5. The number of benzene rings is 4. The number of rotatable bonds is 12. The van der Waals surface area contributed by atoms with Gasteiger partial charge in [0.2, 0.25) is 5.91 Å². The van der Waals surface area contributed by atoms with Crippen molar-refractivity contribution in [2.75, 3.05) is 44.6 Å². The predicted octanol–water partition coefficient (Wildman–Crippen LogP) is 8.73. The Balaban J connectivity index is 1.64. The summed E-state index contributed by atoms with van der Waals surface area (Å²) in [6, 6.07) is -22.9. The Morgan fingerprint density at radius 1 is 1.04 bits per heavy atom. The Kier molecular flexibility index (Phi) is 5.56. The van der Waals surface area contributed by atoms with Gasteiger partial charge in [-0.2, -0.15) is 13.2 Å². The summed E-state index contributed by atoms with van der Waals surface area (Å²) in [5.41, 5.74) is -13.8. The third kappa shape index (κ3) is 9.29. The van der Waals surface area contributed by atoms with Crippen LogP contribution in [0.5, 0.6) is 0 Å². The molecule has 0 aromatic heterocycles. The molecule has 1 N–H and O–H groups in total. The molecular weight excluding hydrogens is 710 g/mol. The zero-order valence-corrected chi connectivity index (χ0v) is 27.9. The molecule has 2 aliphatic heterocycles. The van der Waals surface area contributed by atoms with Gasteiger partial charge in [0.25, 0.3) is 0 Å². The number of ether oxygens (including phenoxy) is 1. The van der Waals surface area contributed by atoms with Crippen LogP contribution in [0.15, 0.2) is 95.7 Å². The summed E-state index contributed by atoms with van der Waals surface area (Å²) in [6.07, 6.45) is -9.20. The van der Waals surface area contributed by atoms with E-state index in [1.165, 1.54) is 4.90 Å². The number of piperidine rings is 1. The maximum Gasteiger partial charge on any atom is 0.416 e. The molecule has 1 amide bonds. The normalized spacial score (nSPS) is 25.3. The second kappa shape index (κ2) is 16.8. The summed E-state index contributed by atoms with van der Waals surface area (Å²) >= 11 is -0.558. The Bertz CT molecular complexity index is 3140. The molecular formula is C41H42F5N3O3S. The van der Waals surface area contributed by atoms with Gasteiger partial charge in [-0.3, -0.25) is 4.79 Å². The van der Waals surface area contributed by atoms with Crippen LogP contribution in [-0.4, -0.2) is 66.6 Å². The summed E-state index contributed by atoms with van der Waals surface area (Å²) in [4.78, 5) is 16.8. The van der Waals surface area contributed by atoms with Crippen LogP contribution in [0.25, 0.3) is 11.1 Å². The van der Waals surface area contributed by atoms with Crippen LogP contribution < -0.4 is 4.90 Å². The van der Waals surface area contributed by atoms with E-state index in [-0.39, 0.29) is 9.80 Å². The molecule has 0 bridgehead atoms. The lowest BCUT2D eigenvalue weighted by atomic mass is 9.99. The fourth-order valence-electron chi connectivity index (χ4n) is 5.07. The highest BCUT2D eigenvalue weighted by Crippen LogP contribution is 2.41. The Morgan fingerprint density at radius 2 is 1.74 bits per heavy atom. The van der Waals surface area contributed by atoms with Crippen LogP contribution >= 0.6 is 11.8 Å². The summed E-state index contributed by atoms with van der Waals surface area (Å²) < 4.78 is 300. The summed E-state index contributed by atoms with van der Waals surface area (Å²) in [6.45, 7) is -11.7. The maximum absolute atomic E-state index is 15.7. The minimum absolute atomic E-state index is 0.0156. The first-order chi connectivity index (χ1) is 35.8. The van der Waals surface area contributed by atoms with Crippen molar-refractivity contribution in [1.82, 2.24) is 9.80 Å². The first-order valence-electron chi connectivity index (χ1n) is 28.3. The fourth-order valence-corrected chi connectivity index (χ4v) is 5.81. The molecule has 53 heavy (non-hydrogen) atoms. The van der Waals surface area contributed by atoms with E-state index in [2.05, 4.69) is 4.74 Å². The molecule has 1 unspecified atom stereocenters. The van der Waals surface area contributed by atoms with E-state index in [4.69, 9.17) is 30.2 Å². The summed E-state index contributed by atoms with van der Waals surface area (Å²) in [7, 11) is -3.27. The molecule has 1 fully saturated rings. The number of methoxy groups -OCH3 is 1. The third-order valence-electron chi connectivity index (χ3n) is 7.65. The Morgan fingerprint density at radius 3 is 2.42 bits per heavy atom. The lowest BCUT2D eigenvalue weighted by Crippen LogP contribution is -2.50. The highest BCUT2D eigenvalue weighted by molar-refractivity contribution is 8.02. The van der Waals surface area contributed by atoms with Gasteiger partial charge in [0.05, 0.1) is 50.0 Å². The smallest absolute Gasteiger partial charge is 0.384 e. The molecule has 0 spiro atoms. The fraction of sp³-hybridized carbons (Fsp3) is 0.341. The highest BCUT2D eigenvalue weighted by Gasteiger charge is 2.33. The van der Waals surface area contributed by atoms with Crippen LogP contribution in [0.2, 0.25) is 0 Å². The average Bonchev–Trinajstić information content (AvgIpc) is 3.35. The van der Waals surface area contributed by atoms with Crippen molar-refractivity contribution >= 4 is 23.4 Å². The van der Waals surface area contributed by atoms with Crippen molar-refractivity contribution in [3.8, 4) is 11.1 Å². The second-order valence-corrected chi connectivity index (χ2v) is 12.0. The predicted molar refractivity (Wildman–Crippen MR) is 198 cm³/mol. The molecule has 0 saturated carbocycles. The van der Waals surface area contributed by atoms with E-state index in [0.717, 1.165) is 6.92 Å². The van der Waals surface area contributed by atoms with Crippen LogP contribution in [-0.2, 0) is 27.9 Å². The molecule has 1 saturated heterocycles. The van der Waals surface area contributed by atoms with E-state index in [1.54, 1.807) is 0 Å². The Hall–Kier alpha value is -4.23. The third-order valence-corrected chi connectivity index (χ3v) is 8.45. The van der Waals surface area contributed by atoms with Gasteiger partial charge in [-0.25, -0.2) is 8.78 Å². The zero-order valence-electron chi connectivity index (χ0n) is 53.1. The Labute approximate surface area is 347 Å². The number of anilines is 1. The number of amides is 1. The number of halogens is 5. The number of carbonyl (C=O) groups is 1. The van der Waals surface area contributed by atoms with Crippen LogP contribution in [0.4, 0.5) is 27.6 Å². The molecule has 2 heterocycles. The van der Waals surface area contributed by atoms with Gasteiger partial charge in [-0.15, -0.1) is 11.8 Å². The molecule has 12 heteroatoms. The lowest BCUT2D eigenvalue weighted by molar-refractivity contribution is -0.137. The van der Waals surface area contributed by atoms with Crippen molar-refractivity contribution in [2.24, 2.45) is 0 Å². The van der Waals surface area contributed by atoms with Crippen molar-refractivity contribution in [3.63, 3.8) is 0 Å². The standard InChI is InChI=1S/C41H42F5N3O3S/c1-27-6-15-36-34(22-27)37(50)23-39(53-26-31-4-3-5-35(42)40(31)43)49(36)25-38(51)48(33-16-18-47(19-17-33)20-21-52-2)24-28-7-9-29(10-8-28)30-11-13-32(14-12-30)41(44,45)46/h3-15,22-23,33,37,50H,16-21,24-26H2,1-2H3/i2D3,3D,4D,5D,6D,7D,8D,9D,10D,11D,12D,13D,14D,15D,21D2,22D,23D,24D2,25D2,26D2. The molecule has 2 aliphatic rings. The van der Waals surface area contributed by atoms with Gasteiger partial charge in [0.1, 0.15) is 12.6 Å². The van der Waals surface area contributed by atoms with E-state index < -0.39 is 253 Å². The van der Waals surface area contributed by atoms with Crippen LogP contribution in [0, 0.1) is 18.6 Å². The minimum Gasteiger partial charge on any atom is -0.384 e. The number of likely N-dealkylation sites (tertiary alicyclic amines) is 1. The number of nitrogens with zero attached hydrogens (tertiary/aromatic N) is 3. The van der Waals surface area contributed by atoms with Crippen molar-refractivity contribution in [2.45, 2.75) is 50.3 Å². The number of thioether (sulfide) groups is 1.